The van der Waals surface area contributed by atoms with E-state index in [0.29, 0.717) is 27.1 Å². The number of ether oxygens (including phenoxy) is 1. The molecule has 37 heavy (non-hydrogen) atoms. The molecule has 1 amide bonds. The van der Waals surface area contributed by atoms with Crippen LogP contribution in [0.3, 0.4) is 0 Å². The first-order valence-corrected chi connectivity index (χ1v) is 14.3. The van der Waals surface area contributed by atoms with Crippen LogP contribution in [-0.4, -0.2) is 21.5 Å². The molecule has 0 bridgehead atoms. The summed E-state index contributed by atoms with van der Waals surface area (Å²) in [5, 5.41) is 4.29. The van der Waals surface area contributed by atoms with Gasteiger partial charge in [-0.1, -0.05) is 61.7 Å². The van der Waals surface area contributed by atoms with Gasteiger partial charge in [-0.2, -0.15) is 0 Å². The molecule has 2 aliphatic carbocycles. The van der Waals surface area contributed by atoms with Gasteiger partial charge in [-0.25, -0.2) is 9.37 Å². The average Bonchev–Trinajstić information content (AvgIpc) is 3.25. The predicted octanol–water partition coefficient (Wildman–Crippen LogP) is 8.19. The lowest BCUT2D eigenvalue weighted by Crippen LogP contribution is -2.44. The van der Waals surface area contributed by atoms with Crippen molar-refractivity contribution in [2.75, 3.05) is 0 Å². The molecule has 2 aromatic carbocycles. The molecule has 3 aromatic rings. The molecule has 198 valence electrons. The summed E-state index contributed by atoms with van der Waals surface area (Å²) in [7, 11) is 0. The Labute approximate surface area is 227 Å². The lowest BCUT2D eigenvalue weighted by Gasteiger charge is -2.34. The lowest BCUT2D eigenvalue weighted by atomic mass is 9.82. The minimum Gasteiger partial charge on any atom is -0.481 e. The number of hydrogen-bond acceptors (Lipinski definition) is 3. The Kier molecular flexibility index (Phi) is 8.25. The smallest absolute Gasteiger partial charge is 0.243 e. The molecule has 5 rings (SSSR count). The minimum atomic E-state index is -0.539. The van der Waals surface area contributed by atoms with E-state index >= 15 is 0 Å². The summed E-state index contributed by atoms with van der Waals surface area (Å²) in [6.07, 6.45) is 10.3. The third-order valence-corrected chi connectivity index (χ3v) is 8.37. The van der Waals surface area contributed by atoms with Crippen molar-refractivity contribution in [3.05, 3.63) is 58.1 Å². The molecule has 0 spiro atoms. The molecule has 2 saturated carbocycles. The Morgan fingerprint density at radius 3 is 2.43 bits per heavy atom. The zero-order valence-electron chi connectivity index (χ0n) is 21.2. The van der Waals surface area contributed by atoms with Crippen molar-refractivity contribution in [1.82, 2.24) is 14.9 Å². The SMILES string of the molecule is CC(Oc1ccc(Cl)cc1Cl)c1nc2cc(F)ccc2n1C(C(=O)NC1CCCCC1)C1CCCCC1. The number of fused-ring (bicyclic) bond motifs is 1. The summed E-state index contributed by atoms with van der Waals surface area (Å²) in [6.45, 7) is 1.88. The number of amides is 1. The summed E-state index contributed by atoms with van der Waals surface area (Å²) in [5.41, 5.74) is 1.25. The summed E-state index contributed by atoms with van der Waals surface area (Å²) in [5.74, 6) is 0.898. The van der Waals surface area contributed by atoms with Gasteiger partial charge in [0.25, 0.3) is 0 Å². The van der Waals surface area contributed by atoms with Crippen LogP contribution in [0.15, 0.2) is 36.4 Å². The van der Waals surface area contributed by atoms with Crippen LogP contribution < -0.4 is 10.1 Å². The number of rotatable bonds is 7. The highest BCUT2D eigenvalue weighted by atomic mass is 35.5. The maximum Gasteiger partial charge on any atom is 0.243 e. The topological polar surface area (TPSA) is 56.2 Å². The van der Waals surface area contributed by atoms with Crippen LogP contribution in [0.4, 0.5) is 4.39 Å². The van der Waals surface area contributed by atoms with Crippen molar-refractivity contribution in [3.8, 4) is 5.75 Å². The highest BCUT2D eigenvalue weighted by molar-refractivity contribution is 6.35. The number of benzene rings is 2. The number of carbonyl (C=O) groups excluding carboxylic acids is 1. The van der Waals surface area contributed by atoms with Crippen LogP contribution in [-0.2, 0) is 4.79 Å². The average molecular weight is 547 g/mol. The molecule has 1 heterocycles. The normalized spacial score (nSPS) is 19.0. The van der Waals surface area contributed by atoms with Gasteiger partial charge in [-0.05, 0) is 68.9 Å². The fraction of sp³-hybridized carbons (Fsp3) is 0.517. The Morgan fingerprint density at radius 1 is 1.03 bits per heavy atom. The number of nitrogens with zero attached hydrogens (tertiary/aromatic N) is 2. The fourth-order valence-electron chi connectivity index (χ4n) is 6.01. The molecular formula is C29H34Cl2FN3O2. The van der Waals surface area contributed by atoms with Gasteiger partial charge in [-0.15, -0.1) is 0 Å². The summed E-state index contributed by atoms with van der Waals surface area (Å²) < 4.78 is 22.5. The van der Waals surface area contributed by atoms with Crippen LogP contribution in [0.25, 0.3) is 11.0 Å². The van der Waals surface area contributed by atoms with E-state index in [9.17, 15) is 9.18 Å². The van der Waals surface area contributed by atoms with Crippen molar-refractivity contribution >= 4 is 40.1 Å². The quantitative estimate of drug-likeness (QED) is 0.325. The number of halogens is 3. The first kappa shape index (κ1) is 26.3. The highest BCUT2D eigenvalue weighted by Crippen LogP contribution is 2.39. The lowest BCUT2D eigenvalue weighted by molar-refractivity contribution is -0.127. The van der Waals surface area contributed by atoms with E-state index in [1.54, 1.807) is 24.3 Å². The minimum absolute atomic E-state index is 0.0281. The van der Waals surface area contributed by atoms with Gasteiger partial charge in [0.1, 0.15) is 17.6 Å². The number of nitrogens with one attached hydrogen (secondary N) is 1. The van der Waals surface area contributed by atoms with Crippen LogP contribution >= 0.6 is 23.2 Å². The summed E-state index contributed by atoms with van der Waals surface area (Å²) in [4.78, 5) is 18.8. The van der Waals surface area contributed by atoms with Gasteiger partial charge in [-0.3, -0.25) is 4.79 Å². The second kappa shape index (κ2) is 11.6. The third kappa shape index (κ3) is 5.91. The molecule has 2 unspecified atom stereocenters. The van der Waals surface area contributed by atoms with Crippen molar-refractivity contribution in [1.29, 1.82) is 0 Å². The Morgan fingerprint density at radius 2 is 1.73 bits per heavy atom. The molecule has 2 atom stereocenters. The number of hydrogen-bond donors (Lipinski definition) is 1. The van der Waals surface area contributed by atoms with E-state index in [-0.39, 0.29) is 23.7 Å². The Hall–Kier alpha value is -2.31. The number of carbonyl (C=O) groups is 1. The molecule has 8 heteroatoms. The van der Waals surface area contributed by atoms with E-state index in [1.165, 1.54) is 25.0 Å². The molecule has 1 aromatic heterocycles. The van der Waals surface area contributed by atoms with E-state index in [4.69, 9.17) is 32.9 Å². The van der Waals surface area contributed by atoms with Crippen LogP contribution in [0.1, 0.15) is 89.1 Å². The van der Waals surface area contributed by atoms with Crippen molar-refractivity contribution in [2.24, 2.45) is 5.92 Å². The van der Waals surface area contributed by atoms with Crippen LogP contribution in [0, 0.1) is 11.7 Å². The molecule has 1 N–H and O–H groups in total. The number of imidazole rings is 1. The maximum atomic E-state index is 14.2. The van der Waals surface area contributed by atoms with Crippen LogP contribution in [0.5, 0.6) is 5.75 Å². The standard InChI is InChI=1S/C29H34Cl2FN3O2/c1-18(37-26-15-12-20(30)16-23(26)31)28-34-24-17-21(32)13-14-25(24)35(28)27(19-8-4-2-5-9-19)29(36)33-22-10-6-3-7-11-22/h12-19,22,27H,2-11H2,1H3,(H,33,36). The predicted molar refractivity (Wildman–Crippen MR) is 146 cm³/mol. The van der Waals surface area contributed by atoms with Crippen molar-refractivity contribution in [2.45, 2.75) is 89.3 Å². The van der Waals surface area contributed by atoms with E-state index in [1.807, 2.05) is 11.5 Å². The number of aromatic nitrogens is 2. The van der Waals surface area contributed by atoms with E-state index in [2.05, 4.69) is 5.32 Å². The van der Waals surface area contributed by atoms with Gasteiger partial charge >= 0.3 is 0 Å². The van der Waals surface area contributed by atoms with Gasteiger partial charge in [0.05, 0.1) is 16.1 Å². The summed E-state index contributed by atoms with van der Waals surface area (Å²) in [6, 6.07) is 9.41. The fourth-order valence-corrected chi connectivity index (χ4v) is 6.46. The summed E-state index contributed by atoms with van der Waals surface area (Å²) >= 11 is 12.5. The third-order valence-electron chi connectivity index (χ3n) is 7.83. The van der Waals surface area contributed by atoms with Crippen molar-refractivity contribution < 1.29 is 13.9 Å². The molecule has 2 fully saturated rings. The first-order valence-electron chi connectivity index (χ1n) is 13.5. The van der Waals surface area contributed by atoms with Crippen molar-refractivity contribution in [3.63, 3.8) is 0 Å². The monoisotopic (exact) mass is 545 g/mol. The molecule has 0 saturated heterocycles. The van der Waals surface area contributed by atoms with Gasteiger partial charge < -0.3 is 14.6 Å². The van der Waals surface area contributed by atoms with Crippen LogP contribution in [0.2, 0.25) is 10.0 Å². The molecule has 5 nitrogen and oxygen atoms in total. The van der Waals surface area contributed by atoms with E-state index in [0.717, 1.165) is 56.9 Å². The second-order valence-electron chi connectivity index (χ2n) is 10.5. The second-order valence-corrected chi connectivity index (χ2v) is 11.3. The Bertz CT molecular complexity index is 1250. The maximum absolute atomic E-state index is 14.2. The molecule has 2 aliphatic rings. The zero-order valence-corrected chi connectivity index (χ0v) is 22.7. The van der Waals surface area contributed by atoms with Gasteiger partial charge in [0.15, 0.2) is 11.9 Å². The van der Waals surface area contributed by atoms with Gasteiger partial charge in [0.2, 0.25) is 5.91 Å². The molecular weight excluding hydrogens is 512 g/mol. The van der Waals surface area contributed by atoms with Gasteiger partial charge in [0, 0.05) is 17.1 Å². The zero-order chi connectivity index (χ0) is 25.9. The largest absolute Gasteiger partial charge is 0.481 e. The molecule has 0 aliphatic heterocycles. The Balaban J connectivity index is 1.56. The highest BCUT2D eigenvalue weighted by Gasteiger charge is 2.36. The van der Waals surface area contributed by atoms with E-state index < -0.39 is 12.1 Å². The first-order chi connectivity index (χ1) is 17.9. The molecule has 0 radical (unpaired) electrons.